The Hall–Kier alpha value is -1.85. The molecule has 1 aliphatic rings. The highest BCUT2D eigenvalue weighted by Gasteiger charge is 2.30. The third-order valence-corrected chi connectivity index (χ3v) is 6.61. The molecular weight excluding hydrogens is 334 g/mol. The van der Waals surface area contributed by atoms with E-state index in [-0.39, 0.29) is 6.10 Å². The molecule has 3 rings (SSSR count). The van der Waals surface area contributed by atoms with Gasteiger partial charge in [0.05, 0.1) is 4.90 Å². The Bertz CT molecular complexity index is 790. The SMILES string of the molecule is CCc1ccc(S(=O)(=O)N2CCC(Oc3ccc(C)cc3)CC2)cc1. The highest BCUT2D eigenvalue weighted by Crippen LogP contribution is 2.24. The Kier molecular flexibility index (Phi) is 5.45. The summed E-state index contributed by atoms with van der Waals surface area (Å²) in [5.41, 5.74) is 2.34. The van der Waals surface area contributed by atoms with Crippen LogP contribution in [0.25, 0.3) is 0 Å². The molecule has 0 radical (unpaired) electrons. The second kappa shape index (κ2) is 7.58. The number of ether oxygens (including phenoxy) is 1. The van der Waals surface area contributed by atoms with Crippen molar-refractivity contribution in [3.05, 3.63) is 59.7 Å². The molecule has 0 atom stereocenters. The number of sulfonamides is 1. The van der Waals surface area contributed by atoms with Crippen LogP contribution < -0.4 is 4.74 Å². The first-order chi connectivity index (χ1) is 12.0. The number of hydrogen-bond acceptors (Lipinski definition) is 3. The molecule has 0 amide bonds. The van der Waals surface area contributed by atoms with Gasteiger partial charge in [-0.15, -0.1) is 0 Å². The highest BCUT2D eigenvalue weighted by molar-refractivity contribution is 7.89. The second-order valence-corrected chi connectivity index (χ2v) is 8.47. The highest BCUT2D eigenvalue weighted by atomic mass is 32.2. The molecule has 1 fully saturated rings. The summed E-state index contributed by atoms with van der Waals surface area (Å²) in [7, 11) is -3.41. The standard InChI is InChI=1S/C20H25NO3S/c1-3-17-6-10-20(11-7-17)25(22,23)21-14-12-19(13-15-21)24-18-8-4-16(2)5-9-18/h4-11,19H,3,12-15H2,1-2H3. The Morgan fingerprint density at radius 2 is 1.60 bits per heavy atom. The third kappa shape index (κ3) is 4.22. The number of rotatable bonds is 5. The summed E-state index contributed by atoms with van der Waals surface area (Å²) in [6, 6.07) is 15.2. The van der Waals surface area contributed by atoms with E-state index in [0.717, 1.165) is 17.7 Å². The first-order valence-corrected chi connectivity index (χ1v) is 10.3. The largest absolute Gasteiger partial charge is 0.490 e. The van der Waals surface area contributed by atoms with Crippen molar-refractivity contribution in [3.63, 3.8) is 0 Å². The third-order valence-electron chi connectivity index (χ3n) is 4.69. The molecule has 1 aliphatic heterocycles. The average molecular weight is 359 g/mol. The lowest BCUT2D eigenvalue weighted by atomic mass is 10.1. The van der Waals surface area contributed by atoms with Crippen molar-refractivity contribution in [2.75, 3.05) is 13.1 Å². The first kappa shape index (κ1) is 18.0. The zero-order valence-electron chi connectivity index (χ0n) is 14.8. The van der Waals surface area contributed by atoms with Crippen molar-refractivity contribution >= 4 is 10.0 Å². The molecule has 0 spiro atoms. The zero-order valence-corrected chi connectivity index (χ0v) is 15.6. The second-order valence-electron chi connectivity index (χ2n) is 6.53. The van der Waals surface area contributed by atoms with E-state index in [2.05, 4.69) is 6.92 Å². The Morgan fingerprint density at radius 1 is 1.00 bits per heavy atom. The topological polar surface area (TPSA) is 46.6 Å². The van der Waals surface area contributed by atoms with Crippen molar-refractivity contribution in [1.29, 1.82) is 0 Å². The maximum Gasteiger partial charge on any atom is 0.243 e. The molecule has 2 aromatic carbocycles. The lowest BCUT2D eigenvalue weighted by Gasteiger charge is -2.31. The van der Waals surface area contributed by atoms with Gasteiger partial charge in [-0.2, -0.15) is 4.31 Å². The molecule has 0 N–H and O–H groups in total. The number of benzene rings is 2. The van der Waals surface area contributed by atoms with Crippen molar-refractivity contribution < 1.29 is 13.2 Å². The van der Waals surface area contributed by atoms with E-state index in [1.165, 1.54) is 5.56 Å². The minimum absolute atomic E-state index is 0.0663. The fraction of sp³-hybridized carbons (Fsp3) is 0.400. The van der Waals surface area contributed by atoms with Crippen LogP contribution in [0.4, 0.5) is 0 Å². The molecule has 25 heavy (non-hydrogen) atoms. The summed E-state index contributed by atoms with van der Waals surface area (Å²) in [5, 5.41) is 0. The maximum absolute atomic E-state index is 12.8. The van der Waals surface area contributed by atoms with Gasteiger partial charge in [-0.05, 0) is 56.0 Å². The monoisotopic (exact) mass is 359 g/mol. The molecule has 5 heteroatoms. The summed E-state index contributed by atoms with van der Waals surface area (Å²) in [4.78, 5) is 0.377. The summed E-state index contributed by atoms with van der Waals surface area (Å²) in [6.45, 7) is 5.09. The van der Waals surface area contributed by atoms with E-state index < -0.39 is 10.0 Å². The van der Waals surface area contributed by atoms with Crippen molar-refractivity contribution in [2.45, 2.75) is 44.1 Å². The van der Waals surface area contributed by atoms with Crippen LogP contribution >= 0.6 is 0 Å². The lowest BCUT2D eigenvalue weighted by molar-refractivity contribution is 0.135. The van der Waals surface area contributed by atoms with Crippen LogP contribution in [-0.2, 0) is 16.4 Å². The fourth-order valence-electron chi connectivity index (χ4n) is 3.05. The summed E-state index contributed by atoms with van der Waals surface area (Å²) in [5.74, 6) is 0.849. The minimum atomic E-state index is -3.41. The quantitative estimate of drug-likeness (QED) is 0.816. The van der Waals surface area contributed by atoms with E-state index in [4.69, 9.17) is 4.74 Å². The van der Waals surface area contributed by atoms with E-state index in [0.29, 0.717) is 30.8 Å². The molecule has 134 valence electrons. The van der Waals surface area contributed by atoms with Crippen molar-refractivity contribution in [2.24, 2.45) is 0 Å². The van der Waals surface area contributed by atoms with Crippen LogP contribution in [0.1, 0.15) is 30.9 Å². The van der Waals surface area contributed by atoms with Crippen molar-refractivity contribution in [1.82, 2.24) is 4.31 Å². The molecule has 0 aromatic heterocycles. The van der Waals surface area contributed by atoms with E-state index >= 15 is 0 Å². The Balaban J connectivity index is 1.61. The zero-order chi connectivity index (χ0) is 17.9. The first-order valence-electron chi connectivity index (χ1n) is 8.81. The normalized spacial score (nSPS) is 16.7. The Morgan fingerprint density at radius 3 is 2.16 bits per heavy atom. The van der Waals surface area contributed by atoms with Crippen molar-refractivity contribution in [3.8, 4) is 5.75 Å². The van der Waals surface area contributed by atoms with E-state index in [9.17, 15) is 8.42 Å². The van der Waals surface area contributed by atoms with Gasteiger partial charge in [0.2, 0.25) is 10.0 Å². The smallest absolute Gasteiger partial charge is 0.243 e. The molecule has 0 unspecified atom stereocenters. The number of hydrogen-bond donors (Lipinski definition) is 0. The average Bonchev–Trinajstić information content (AvgIpc) is 2.64. The molecular formula is C20H25NO3S. The van der Waals surface area contributed by atoms with Crippen LogP contribution in [0.5, 0.6) is 5.75 Å². The van der Waals surface area contributed by atoms with Gasteiger partial charge < -0.3 is 4.74 Å². The van der Waals surface area contributed by atoms with Gasteiger partial charge in [0, 0.05) is 13.1 Å². The summed E-state index contributed by atoms with van der Waals surface area (Å²) < 4.78 is 33.1. The number of aryl methyl sites for hydroxylation is 2. The number of piperidine rings is 1. The van der Waals surface area contributed by atoms with Crippen LogP contribution in [0, 0.1) is 6.92 Å². The summed E-state index contributed by atoms with van der Waals surface area (Å²) >= 11 is 0. The predicted octanol–water partition coefficient (Wildman–Crippen LogP) is 3.79. The van der Waals surface area contributed by atoms with Gasteiger partial charge in [0.15, 0.2) is 0 Å². The number of nitrogens with zero attached hydrogens (tertiary/aromatic N) is 1. The van der Waals surface area contributed by atoms with Gasteiger partial charge in [0.1, 0.15) is 11.9 Å². The van der Waals surface area contributed by atoms with Crippen LogP contribution in [0.15, 0.2) is 53.4 Å². The van der Waals surface area contributed by atoms with Crippen LogP contribution in [0.2, 0.25) is 0 Å². The molecule has 0 aliphatic carbocycles. The van der Waals surface area contributed by atoms with E-state index in [1.54, 1.807) is 16.4 Å². The molecule has 4 nitrogen and oxygen atoms in total. The van der Waals surface area contributed by atoms with Gasteiger partial charge >= 0.3 is 0 Å². The molecule has 0 bridgehead atoms. The Labute approximate surface area is 150 Å². The fourth-order valence-corrected chi connectivity index (χ4v) is 4.52. The molecule has 2 aromatic rings. The van der Waals surface area contributed by atoms with Gasteiger partial charge in [-0.3, -0.25) is 0 Å². The molecule has 0 saturated carbocycles. The van der Waals surface area contributed by atoms with E-state index in [1.807, 2.05) is 43.3 Å². The predicted molar refractivity (Wildman–Crippen MR) is 99.4 cm³/mol. The van der Waals surface area contributed by atoms with Gasteiger partial charge in [-0.25, -0.2) is 8.42 Å². The van der Waals surface area contributed by atoms with Crippen LogP contribution in [-0.4, -0.2) is 31.9 Å². The summed E-state index contributed by atoms with van der Waals surface area (Å²) in [6.07, 6.45) is 2.39. The molecule has 1 saturated heterocycles. The van der Waals surface area contributed by atoms with Gasteiger partial charge in [-0.1, -0.05) is 36.8 Å². The van der Waals surface area contributed by atoms with Crippen LogP contribution in [0.3, 0.4) is 0 Å². The molecule has 1 heterocycles. The lowest BCUT2D eigenvalue weighted by Crippen LogP contribution is -2.41. The maximum atomic E-state index is 12.8. The minimum Gasteiger partial charge on any atom is -0.490 e. The van der Waals surface area contributed by atoms with Gasteiger partial charge in [0.25, 0.3) is 0 Å².